The first-order chi connectivity index (χ1) is 7.65. The van der Waals surface area contributed by atoms with Gasteiger partial charge in [-0.3, -0.25) is 4.79 Å². The number of aliphatic hydroxyl groups excluding tert-OH is 1. The molecule has 0 bridgehead atoms. The smallest absolute Gasteiger partial charge is 0.246 e. The fourth-order valence-corrected chi connectivity index (χ4v) is 2.94. The molecular weight excluding hydrogens is 290 g/mol. The van der Waals surface area contributed by atoms with E-state index in [2.05, 4.69) is 15.9 Å². The lowest BCUT2D eigenvalue weighted by atomic mass is 10.3. The van der Waals surface area contributed by atoms with Gasteiger partial charge in [-0.15, -0.1) is 11.3 Å². The molecule has 5 heteroatoms. The molecule has 2 rings (SSSR count). The fraction of sp³-hybridized carbons (Fsp3) is 0.364. The molecule has 0 radical (unpaired) electrons. The van der Waals surface area contributed by atoms with Gasteiger partial charge in [0, 0.05) is 24.0 Å². The molecule has 2 heterocycles. The van der Waals surface area contributed by atoms with E-state index in [4.69, 9.17) is 0 Å². The van der Waals surface area contributed by atoms with Crippen LogP contribution < -0.4 is 0 Å². The van der Waals surface area contributed by atoms with Gasteiger partial charge in [0.2, 0.25) is 5.91 Å². The molecule has 86 valence electrons. The van der Waals surface area contributed by atoms with E-state index in [1.807, 2.05) is 18.2 Å². The van der Waals surface area contributed by atoms with Gasteiger partial charge in [0.25, 0.3) is 0 Å². The Morgan fingerprint density at radius 3 is 3.00 bits per heavy atom. The molecule has 0 unspecified atom stereocenters. The van der Waals surface area contributed by atoms with Gasteiger partial charge in [0.05, 0.1) is 9.89 Å². The maximum atomic E-state index is 11.7. The van der Waals surface area contributed by atoms with Crippen molar-refractivity contribution in [2.45, 2.75) is 12.5 Å². The molecule has 1 amide bonds. The summed E-state index contributed by atoms with van der Waals surface area (Å²) in [6.45, 7) is 1.11. The predicted molar refractivity (Wildman–Crippen MR) is 68.3 cm³/mol. The van der Waals surface area contributed by atoms with E-state index in [1.54, 1.807) is 22.3 Å². The third-order valence-electron chi connectivity index (χ3n) is 2.46. The first-order valence-electron chi connectivity index (χ1n) is 5.05. The number of amides is 1. The largest absolute Gasteiger partial charge is 0.391 e. The molecule has 16 heavy (non-hydrogen) atoms. The van der Waals surface area contributed by atoms with E-state index in [0.717, 1.165) is 8.66 Å². The van der Waals surface area contributed by atoms with Crippen LogP contribution in [0.3, 0.4) is 0 Å². The van der Waals surface area contributed by atoms with Crippen molar-refractivity contribution >= 4 is 39.2 Å². The summed E-state index contributed by atoms with van der Waals surface area (Å²) >= 11 is 4.95. The number of halogens is 1. The minimum Gasteiger partial charge on any atom is -0.391 e. The van der Waals surface area contributed by atoms with Crippen LogP contribution in [0.5, 0.6) is 0 Å². The number of thiophene rings is 1. The Labute approximate surface area is 107 Å². The first-order valence-corrected chi connectivity index (χ1v) is 6.66. The number of nitrogens with zero attached hydrogens (tertiary/aromatic N) is 1. The molecule has 0 saturated carbocycles. The minimum absolute atomic E-state index is 0.0268. The topological polar surface area (TPSA) is 40.5 Å². The Morgan fingerprint density at radius 2 is 2.44 bits per heavy atom. The number of likely N-dealkylation sites (tertiary alicyclic amines) is 1. The Bertz CT molecular complexity index is 416. The highest BCUT2D eigenvalue weighted by Gasteiger charge is 2.22. The monoisotopic (exact) mass is 301 g/mol. The lowest BCUT2D eigenvalue weighted by Gasteiger charge is -2.11. The SMILES string of the molecule is O=C(C=Cc1ccc(Br)s1)N1CC[C@@H](O)C1. The Morgan fingerprint density at radius 1 is 1.62 bits per heavy atom. The summed E-state index contributed by atoms with van der Waals surface area (Å²) in [4.78, 5) is 14.4. The van der Waals surface area contributed by atoms with Crippen LogP contribution in [0.25, 0.3) is 6.08 Å². The zero-order valence-corrected chi connectivity index (χ0v) is 11.0. The van der Waals surface area contributed by atoms with Crippen LogP contribution in [-0.2, 0) is 4.79 Å². The van der Waals surface area contributed by atoms with E-state index in [9.17, 15) is 9.90 Å². The Balaban J connectivity index is 1.94. The standard InChI is InChI=1S/C11H12BrNO2S/c12-10-3-1-9(16-10)2-4-11(15)13-6-5-8(14)7-13/h1-4,8,14H,5-7H2/t8-/m1/s1. The highest BCUT2D eigenvalue weighted by atomic mass is 79.9. The fourth-order valence-electron chi connectivity index (χ4n) is 1.62. The second-order valence-electron chi connectivity index (χ2n) is 3.70. The van der Waals surface area contributed by atoms with Gasteiger partial charge in [0.1, 0.15) is 0 Å². The number of rotatable bonds is 2. The van der Waals surface area contributed by atoms with Gasteiger partial charge in [-0.2, -0.15) is 0 Å². The number of aliphatic hydroxyl groups is 1. The van der Waals surface area contributed by atoms with Gasteiger partial charge >= 0.3 is 0 Å². The van der Waals surface area contributed by atoms with E-state index in [-0.39, 0.29) is 12.0 Å². The van der Waals surface area contributed by atoms with Crippen molar-refractivity contribution < 1.29 is 9.90 Å². The summed E-state index contributed by atoms with van der Waals surface area (Å²) in [5.74, 6) is -0.0268. The average Bonchev–Trinajstić information content (AvgIpc) is 2.84. The zero-order valence-electron chi connectivity index (χ0n) is 8.60. The molecule has 1 atom stereocenters. The molecule has 1 aliphatic heterocycles. The second kappa shape index (κ2) is 5.12. The molecule has 1 aliphatic rings. The Hall–Kier alpha value is -0.650. The van der Waals surface area contributed by atoms with Gasteiger partial charge in [0.15, 0.2) is 0 Å². The summed E-state index contributed by atoms with van der Waals surface area (Å²) in [5, 5.41) is 9.31. The van der Waals surface area contributed by atoms with Crippen molar-refractivity contribution in [1.82, 2.24) is 4.90 Å². The summed E-state index contributed by atoms with van der Waals surface area (Å²) in [6.07, 6.45) is 3.70. The number of hydrogen-bond donors (Lipinski definition) is 1. The second-order valence-corrected chi connectivity index (χ2v) is 6.20. The molecule has 3 nitrogen and oxygen atoms in total. The third kappa shape index (κ3) is 2.93. The molecule has 1 aromatic rings. The minimum atomic E-state index is -0.353. The molecule has 1 aromatic heterocycles. The molecule has 0 aliphatic carbocycles. The van der Waals surface area contributed by atoms with Crippen molar-refractivity contribution in [2.75, 3.05) is 13.1 Å². The molecule has 1 fully saturated rings. The van der Waals surface area contributed by atoms with Crippen LogP contribution in [0, 0.1) is 0 Å². The average molecular weight is 302 g/mol. The molecule has 1 N–H and O–H groups in total. The van der Waals surface area contributed by atoms with Gasteiger partial charge in [-0.05, 0) is 40.6 Å². The first kappa shape index (κ1) is 11.8. The quantitative estimate of drug-likeness (QED) is 0.850. The lowest BCUT2D eigenvalue weighted by Crippen LogP contribution is -2.27. The molecular formula is C11H12BrNO2S. The maximum Gasteiger partial charge on any atom is 0.246 e. The van der Waals surface area contributed by atoms with E-state index >= 15 is 0 Å². The highest BCUT2D eigenvalue weighted by Crippen LogP contribution is 2.23. The zero-order chi connectivity index (χ0) is 11.5. The Kier molecular flexibility index (Phi) is 3.78. The van der Waals surface area contributed by atoms with Crippen molar-refractivity contribution in [3.8, 4) is 0 Å². The van der Waals surface area contributed by atoms with Crippen molar-refractivity contribution in [2.24, 2.45) is 0 Å². The van der Waals surface area contributed by atoms with Gasteiger partial charge in [-0.1, -0.05) is 0 Å². The van der Waals surface area contributed by atoms with Crippen LogP contribution in [0.4, 0.5) is 0 Å². The lowest BCUT2D eigenvalue weighted by molar-refractivity contribution is -0.125. The van der Waals surface area contributed by atoms with Crippen molar-refractivity contribution in [3.63, 3.8) is 0 Å². The van der Waals surface area contributed by atoms with Crippen LogP contribution in [0.15, 0.2) is 22.0 Å². The van der Waals surface area contributed by atoms with Crippen LogP contribution in [0.1, 0.15) is 11.3 Å². The summed E-state index contributed by atoms with van der Waals surface area (Å²) < 4.78 is 1.05. The van der Waals surface area contributed by atoms with Crippen LogP contribution >= 0.6 is 27.3 Å². The van der Waals surface area contributed by atoms with Crippen LogP contribution in [-0.4, -0.2) is 35.1 Å². The highest BCUT2D eigenvalue weighted by molar-refractivity contribution is 9.11. The van der Waals surface area contributed by atoms with Crippen molar-refractivity contribution in [1.29, 1.82) is 0 Å². The molecule has 0 aromatic carbocycles. The predicted octanol–water partition coefficient (Wildman–Crippen LogP) is 2.12. The molecule has 1 saturated heterocycles. The number of carbonyl (C=O) groups is 1. The number of hydrogen-bond acceptors (Lipinski definition) is 3. The maximum absolute atomic E-state index is 11.7. The number of β-amino-alcohol motifs (C(OH)–C–C–N with tert-alkyl or cyclic N) is 1. The van der Waals surface area contributed by atoms with E-state index < -0.39 is 0 Å². The van der Waals surface area contributed by atoms with Gasteiger partial charge < -0.3 is 10.0 Å². The normalized spacial score (nSPS) is 20.9. The van der Waals surface area contributed by atoms with Crippen LogP contribution in [0.2, 0.25) is 0 Å². The van der Waals surface area contributed by atoms with Crippen molar-refractivity contribution in [3.05, 3.63) is 26.9 Å². The van der Waals surface area contributed by atoms with Gasteiger partial charge in [-0.25, -0.2) is 0 Å². The summed E-state index contributed by atoms with van der Waals surface area (Å²) in [7, 11) is 0. The molecule has 0 spiro atoms. The third-order valence-corrected chi connectivity index (χ3v) is 4.05. The van der Waals surface area contributed by atoms with E-state index in [0.29, 0.717) is 19.5 Å². The summed E-state index contributed by atoms with van der Waals surface area (Å²) in [6, 6.07) is 3.91. The summed E-state index contributed by atoms with van der Waals surface area (Å²) in [5.41, 5.74) is 0. The number of carbonyl (C=O) groups excluding carboxylic acids is 1. The van der Waals surface area contributed by atoms with E-state index in [1.165, 1.54) is 0 Å².